The number of carbonyl (C=O) groups excluding carboxylic acids is 3. The molecule has 1 aromatic rings. The Hall–Kier alpha value is -2.41. The molecule has 4 amide bonds. The number of rotatable bonds is 5. The number of quaternary nitrogens is 1. The Balaban J connectivity index is 2.47. The Morgan fingerprint density at radius 1 is 1.13 bits per heavy atom. The number of aryl methyl sites for hydroxylation is 2. The largest absolute Gasteiger partial charge is 0.344 e. The molecule has 7 heteroatoms. The summed E-state index contributed by atoms with van der Waals surface area (Å²) in [5.74, 6) is -0.508. The molecule has 0 saturated carbocycles. The maximum Gasteiger partial charge on any atom is 0.326 e. The minimum absolute atomic E-state index is 0.0415. The van der Waals surface area contributed by atoms with Gasteiger partial charge in [-0.2, -0.15) is 0 Å². The highest BCUT2D eigenvalue weighted by Crippen LogP contribution is 2.15. The highest BCUT2D eigenvalue weighted by molar-refractivity contribution is 6.01. The summed E-state index contributed by atoms with van der Waals surface area (Å²) >= 11 is 0. The second-order valence-electron chi connectivity index (χ2n) is 5.92. The van der Waals surface area contributed by atoms with Gasteiger partial charge in [0.25, 0.3) is 11.8 Å². The third-order valence-electron chi connectivity index (χ3n) is 3.30. The molecule has 0 aliphatic carbocycles. The standard InChI is InChI=1S/C16H24N4O3/c1-11-6-7-13(12(2)8-11)17-16(23)18-14(21)9-20(5)10-15(22)19(3)4/h6-8H,9-10H2,1-5H3,(H2,17,18,21,23)/p+1. The van der Waals surface area contributed by atoms with Gasteiger partial charge in [-0.25, -0.2) is 4.79 Å². The summed E-state index contributed by atoms with van der Waals surface area (Å²) in [5, 5.41) is 4.91. The summed E-state index contributed by atoms with van der Waals surface area (Å²) in [7, 11) is 5.04. The van der Waals surface area contributed by atoms with Gasteiger partial charge in [-0.05, 0) is 25.5 Å². The summed E-state index contributed by atoms with van der Waals surface area (Å²) in [5.41, 5.74) is 2.68. The van der Waals surface area contributed by atoms with E-state index in [1.165, 1.54) is 4.90 Å². The van der Waals surface area contributed by atoms with Crippen LogP contribution in [0.4, 0.5) is 10.5 Å². The number of nitrogens with one attached hydrogen (secondary N) is 3. The normalized spacial score (nSPS) is 11.5. The molecular weight excluding hydrogens is 296 g/mol. The van der Waals surface area contributed by atoms with Crippen molar-refractivity contribution in [2.24, 2.45) is 0 Å². The van der Waals surface area contributed by atoms with E-state index in [4.69, 9.17) is 0 Å². The number of anilines is 1. The Kier molecular flexibility index (Phi) is 6.71. The number of hydrogen-bond acceptors (Lipinski definition) is 3. The molecule has 0 aromatic heterocycles. The smallest absolute Gasteiger partial charge is 0.326 e. The molecule has 1 atom stereocenters. The molecule has 0 bridgehead atoms. The fraction of sp³-hybridized carbons (Fsp3) is 0.438. The van der Waals surface area contributed by atoms with Crippen LogP contribution in [0.15, 0.2) is 18.2 Å². The molecule has 0 fully saturated rings. The first kappa shape index (κ1) is 18.6. The van der Waals surface area contributed by atoms with E-state index < -0.39 is 11.9 Å². The second-order valence-corrected chi connectivity index (χ2v) is 5.92. The predicted molar refractivity (Wildman–Crippen MR) is 88.4 cm³/mol. The van der Waals surface area contributed by atoms with Crippen molar-refractivity contribution in [2.45, 2.75) is 13.8 Å². The van der Waals surface area contributed by atoms with Gasteiger partial charge >= 0.3 is 6.03 Å². The van der Waals surface area contributed by atoms with Crippen LogP contribution in [0.1, 0.15) is 11.1 Å². The van der Waals surface area contributed by atoms with Crippen molar-refractivity contribution < 1.29 is 19.3 Å². The van der Waals surface area contributed by atoms with Gasteiger partial charge in [-0.1, -0.05) is 17.7 Å². The summed E-state index contributed by atoms with van der Waals surface area (Å²) in [6.07, 6.45) is 0. The minimum Gasteiger partial charge on any atom is -0.344 e. The number of likely N-dealkylation sites (N-methyl/N-ethyl adjacent to an activating group) is 2. The molecular formula is C16H25N4O3+. The van der Waals surface area contributed by atoms with Gasteiger partial charge in [0.2, 0.25) is 0 Å². The number of benzene rings is 1. The Labute approximate surface area is 136 Å². The van der Waals surface area contributed by atoms with Gasteiger partial charge in [-0.15, -0.1) is 0 Å². The van der Waals surface area contributed by atoms with Crippen molar-refractivity contribution in [1.82, 2.24) is 10.2 Å². The van der Waals surface area contributed by atoms with Gasteiger partial charge in [0, 0.05) is 19.8 Å². The fourth-order valence-electron chi connectivity index (χ4n) is 2.03. The van der Waals surface area contributed by atoms with Crippen molar-refractivity contribution in [1.29, 1.82) is 0 Å². The molecule has 7 nitrogen and oxygen atoms in total. The van der Waals surface area contributed by atoms with Gasteiger partial charge < -0.3 is 15.1 Å². The third-order valence-corrected chi connectivity index (χ3v) is 3.30. The molecule has 1 unspecified atom stereocenters. The van der Waals surface area contributed by atoms with Crippen molar-refractivity contribution in [2.75, 3.05) is 39.5 Å². The zero-order valence-electron chi connectivity index (χ0n) is 14.3. The number of amides is 4. The number of imide groups is 1. The fourth-order valence-corrected chi connectivity index (χ4v) is 2.03. The number of carbonyl (C=O) groups is 3. The lowest BCUT2D eigenvalue weighted by molar-refractivity contribution is -0.862. The molecule has 0 aliphatic rings. The maximum atomic E-state index is 11.8. The molecule has 0 saturated heterocycles. The van der Waals surface area contributed by atoms with Crippen LogP contribution in [0.3, 0.4) is 0 Å². The predicted octanol–water partition coefficient (Wildman–Crippen LogP) is -0.446. The monoisotopic (exact) mass is 321 g/mol. The maximum absolute atomic E-state index is 11.8. The SMILES string of the molecule is Cc1ccc(NC(=O)NC(=O)C[NH+](C)CC(=O)N(C)C)c(C)c1. The van der Waals surface area contributed by atoms with Crippen LogP contribution in [0.5, 0.6) is 0 Å². The molecule has 0 radical (unpaired) electrons. The molecule has 1 rings (SSSR count). The third kappa shape index (κ3) is 6.48. The van der Waals surface area contributed by atoms with Gasteiger partial charge in [0.1, 0.15) is 0 Å². The summed E-state index contributed by atoms with van der Waals surface area (Å²) < 4.78 is 0. The quantitative estimate of drug-likeness (QED) is 0.687. The average Bonchev–Trinajstić information content (AvgIpc) is 2.41. The van der Waals surface area contributed by atoms with E-state index in [1.54, 1.807) is 27.2 Å². The first-order valence-electron chi connectivity index (χ1n) is 7.38. The molecule has 23 heavy (non-hydrogen) atoms. The molecule has 126 valence electrons. The first-order valence-corrected chi connectivity index (χ1v) is 7.38. The van der Waals surface area contributed by atoms with Gasteiger partial charge in [0.15, 0.2) is 13.1 Å². The number of nitrogens with zero attached hydrogens (tertiary/aromatic N) is 1. The van der Waals surface area contributed by atoms with Crippen molar-refractivity contribution in [3.63, 3.8) is 0 Å². The second kappa shape index (κ2) is 8.28. The number of hydrogen-bond donors (Lipinski definition) is 3. The Morgan fingerprint density at radius 3 is 2.35 bits per heavy atom. The van der Waals surface area contributed by atoms with E-state index in [1.807, 2.05) is 26.0 Å². The average molecular weight is 321 g/mol. The number of urea groups is 1. The lowest BCUT2D eigenvalue weighted by Gasteiger charge is -2.16. The van der Waals surface area contributed by atoms with Crippen molar-refractivity contribution in [3.05, 3.63) is 29.3 Å². The van der Waals surface area contributed by atoms with E-state index in [0.717, 1.165) is 11.1 Å². The van der Waals surface area contributed by atoms with E-state index in [0.29, 0.717) is 10.6 Å². The Morgan fingerprint density at radius 2 is 1.78 bits per heavy atom. The van der Waals surface area contributed by atoms with E-state index in [-0.39, 0.29) is 19.0 Å². The zero-order chi connectivity index (χ0) is 17.6. The highest BCUT2D eigenvalue weighted by atomic mass is 16.2. The van der Waals surface area contributed by atoms with Crippen LogP contribution in [0.25, 0.3) is 0 Å². The van der Waals surface area contributed by atoms with Crippen LogP contribution in [0, 0.1) is 13.8 Å². The molecule has 0 spiro atoms. The molecule has 1 aromatic carbocycles. The first-order chi connectivity index (χ1) is 10.7. The summed E-state index contributed by atoms with van der Waals surface area (Å²) in [6, 6.07) is 5.05. The Bertz CT molecular complexity index is 599. The van der Waals surface area contributed by atoms with E-state index in [9.17, 15) is 14.4 Å². The topological polar surface area (TPSA) is 83.0 Å². The lowest BCUT2D eigenvalue weighted by atomic mass is 10.1. The van der Waals surface area contributed by atoms with E-state index in [2.05, 4.69) is 10.6 Å². The summed E-state index contributed by atoms with van der Waals surface area (Å²) in [6.45, 7) is 4.09. The molecule has 0 heterocycles. The van der Waals surface area contributed by atoms with Crippen LogP contribution >= 0.6 is 0 Å². The zero-order valence-corrected chi connectivity index (χ0v) is 14.3. The van der Waals surface area contributed by atoms with Crippen LogP contribution < -0.4 is 15.5 Å². The highest BCUT2D eigenvalue weighted by Gasteiger charge is 2.17. The van der Waals surface area contributed by atoms with Gasteiger partial charge in [0.05, 0.1) is 7.05 Å². The van der Waals surface area contributed by atoms with E-state index >= 15 is 0 Å². The minimum atomic E-state index is -0.575. The van der Waals surface area contributed by atoms with Gasteiger partial charge in [-0.3, -0.25) is 14.9 Å². The van der Waals surface area contributed by atoms with Crippen molar-refractivity contribution >= 4 is 23.5 Å². The van der Waals surface area contributed by atoms with Crippen molar-refractivity contribution in [3.8, 4) is 0 Å². The molecule has 3 N–H and O–H groups in total. The summed E-state index contributed by atoms with van der Waals surface area (Å²) in [4.78, 5) is 37.4. The van der Waals surface area contributed by atoms with Crippen LogP contribution in [-0.4, -0.2) is 57.0 Å². The molecule has 0 aliphatic heterocycles. The lowest BCUT2D eigenvalue weighted by Crippen LogP contribution is -3.11. The van der Waals surface area contributed by atoms with Crippen LogP contribution in [0.2, 0.25) is 0 Å². The van der Waals surface area contributed by atoms with Crippen LogP contribution in [-0.2, 0) is 9.59 Å².